The highest BCUT2D eigenvalue weighted by Crippen LogP contribution is 2.22. The predicted octanol–water partition coefficient (Wildman–Crippen LogP) is 1.90. The molecule has 1 saturated heterocycles. The van der Waals surface area contributed by atoms with Crippen molar-refractivity contribution in [3.8, 4) is 0 Å². The molecule has 0 aromatic carbocycles. The minimum absolute atomic E-state index is 0.136. The number of hydrogen-bond donors (Lipinski definition) is 1. The fourth-order valence-electron chi connectivity index (χ4n) is 2.17. The highest BCUT2D eigenvalue weighted by Gasteiger charge is 2.34. The van der Waals surface area contributed by atoms with Crippen LogP contribution in [0.1, 0.15) is 52.9 Å². The summed E-state index contributed by atoms with van der Waals surface area (Å²) >= 11 is 0. The van der Waals surface area contributed by atoms with Crippen LogP contribution in [0.3, 0.4) is 0 Å². The smallest absolute Gasteiger partial charge is 0.242 e. The van der Waals surface area contributed by atoms with E-state index in [1.54, 1.807) is 0 Å². The van der Waals surface area contributed by atoms with Gasteiger partial charge in [0, 0.05) is 12.6 Å². The van der Waals surface area contributed by atoms with Crippen molar-refractivity contribution in [2.24, 2.45) is 5.73 Å². The Labute approximate surface area is 93.0 Å². The summed E-state index contributed by atoms with van der Waals surface area (Å²) in [4.78, 5) is 14.2. The standard InChI is InChI=1S/C12H24N2O/c1-4-10-8-6-7-9-14(10)11(15)12(3,13)5-2/h10H,4-9,13H2,1-3H3. The van der Waals surface area contributed by atoms with E-state index in [0.717, 1.165) is 25.8 Å². The number of carbonyl (C=O) groups is 1. The molecule has 0 bridgehead atoms. The molecular weight excluding hydrogens is 188 g/mol. The third-order valence-corrected chi connectivity index (χ3v) is 3.58. The van der Waals surface area contributed by atoms with E-state index in [9.17, 15) is 4.79 Å². The van der Waals surface area contributed by atoms with Gasteiger partial charge in [-0.2, -0.15) is 0 Å². The summed E-state index contributed by atoms with van der Waals surface area (Å²) in [6, 6.07) is 0.417. The highest BCUT2D eigenvalue weighted by atomic mass is 16.2. The molecule has 3 nitrogen and oxygen atoms in total. The van der Waals surface area contributed by atoms with Crippen LogP contribution in [-0.4, -0.2) is 28.9 Å². The lowest BCUT2D eigenvalue weighted by Gasteiger charge is -2.39. The van der Waals surface area contributed by atoms with E-state index in [1.165, 1.54) is 6.42 Å². The molecule has 3 heteroatoms. The van der Waals surface area contributed by atoms with Crippen molar-refractivity contribution in [1.29, 1.82) is 0 Å². The van der Waals surface area contributed by atoms with Crippen LogP contribution < -0.4 is 5.73 Å². The average Bonchev–Trinajstić information content (AvgIpc) is 2.28. The lowest BCUT2D eigenvalue weighted by atomic mass is 9.93. The van der Waals surface area contributed by atoms with Crippen molar-refractivity contribution in [3.05, 3.63) is 0 Å². The maximum Gasteiger partial charge on any atom is 0.242 e. The summed E-state index contributed by atoms with van der Waals surface area (Å²) in [5, 5.41) is 0. The Morgan fingerprint density at radius 1 is 1.47 bits per heavy atom. The van der Waals surface area contributed by atoms with Gasteiger partial charge in [-0.3, -0.25) is 4.79 Å². The second-order valence-corrected chi connectivity index (χ2v) is 4.83. The van der Waals surface area contributed by atoms with Crippen LogP contribution in [-0.2, 0) is 4.79 Å². The lowest BCUT2D eigenvalue weighted by molar-refractivity contribution is -0.140. The van der Waals surface area contributed by atoms with Crippen LogP contribution in [0, 0.1) is 0 Å². The molecule has 15 heavy (non-hydrogen) atoms. The van der Waals surface area contributed by atoms with Gasteiger partial charge in [-0.05, 0) is 39.0 Å². The molecule has 1 rings (SSSR count). The van der Waals surface area contributed by atoms with Gasteiger partial charge in [-0.15, -0.1) is 0 Å². The van der Waals surface area contributed by atoms with Gasteiger partial charge in [0.15, 0.2) is 0 Å². The number of amides is 1. The Morgan fingerprint density at radius 2 is 2.13 bits per heavy atom. The van der Waals surface area contributed by atoms with Crippen LogP contribution in [0.2, 0.25) is 0 Å². The van der Waals surface area contributed by atoms with Crippen LogP contribution in [0.5, 0.6) is 0 Å². The van der Waals surface area contributed by atoms with E-state index in [0.29, 0.717) is 12.5 Å². The molecule has 0 spiro atoms. The minimum Gasteiger partial charge on any atom is -0.338 e. The number of likely N-dealkylation sites (tertiary alicyclic amines) is 1. The van der Waals surface area contributed by atoms with E-state index in [4.69, 9.17) is 5.73 Å². The van der Waals surface area contributed by atoms with Crippen molar-refractivity contribution < 1.29 is 4.79 Å². The molecule has 2 unspecified atom stereocenters. The highest BCUT2D eigenvalue weighted by molar-refractivity contribution is 5.86. The van der Waals surface area contributed by atoms with E-state index >= 15 is 0 Å². The molecule has 1 aliphatic rings. The number of hydrogen-bond acceptors (Lipinski definition) is 2. The second kappa shape index (κ2) is 4.97. The maximum absolute atomic E-state index is 12.2. The van der Waals surface area contributed by atoms with Gasteiger partial charge < -0.3 is 10.6 Å². The van der Waals surface area contributed by atoms with Crippen molar-refractivity contribution >= 4 is 5.91 Å². The third kappa shape index (κ3) is 2.71. The van der Waals surface area contributed by atoms with Gasteiger partial charge in [-0.1, -0.05) is 13.8 Å². The van der Waals surface area contributed by atoms with Crippen LogP contribution in [0.15, 0.2) is 0 Å². The number of piperidine rings is 1. The Bertz CT molecular complexity index is 226. The Hall–Kier alpha value is -0.570. The molecule has 0 radical (unpaired) electrons. The second-order valence-electron chi connectivity index (χ2n) is 4.83. The average molecular weight is 212 g/mol. The normalized spacial score (nSPS) is 26.1. The molecule has 1 heterocycles. The molecule has 1 aliphatic heterocycles. The topological polar surface area (TPSA) is 46.3 Å². The van der Waals surface area contributed by atoms with E-state index in [1.807, 2.05) is 18.7 Å². The zero-order valence-electron chi connectivity index (χ0n) is 10.3. The van der Waals surface area contributed by atoms with Crippen molar-refractivity contribution in [2.75, 3.05) is 6.54 Å². The molecule has 0 aliphatic carbocycles. The Kier molecular flexibility index (Phi) is 4.14. The first kappa shape index (κ1) is 12.5. The van der Waals surface area contributed by atoms with E-state index in [2.05, 4.69) is 6.92 Å². The fraction of sp³-hybridized carbons (Fsp3) is 0.917. The molecule has 88 valence electrons. The van der Waals surface area contributed by atoms with Gasteiger partial charge in [0.05, 0.1) is 5.54 Å². The number of nitrogens with two attached hydrogens (primary N) is 1. The summed E-state index contributed by atoms with van der Waals surface area (Å²) in [7, 11) is 0. The Balaban J connectivity index is 2.72. The number of carbonyl (C=O) groups excluding carboxylic acids is 1. The SMILES string of the molecule is CCC1CCCCN1C(=O)C(C)(N)CC. The maximum atomic E-state index is 12.2. The third-order valence-electron chi connectivity index (χ3n) is 3.58. The number of nitrogens with zero attached hydrogens (tertiary/aromatic N) is 1. The Morgan fingerprint density at radius 3 is 2.67 bits per heavy atom. The summed E-state index contributed by atoms with van der Waals surface area (Å²) in [5.74, 6) is 0.136. The first-order valence-electron chi connectivity index (χ1n) is 6.13. The van der Waals surface area contributed by atoms with Gasteiger partial charge >= 0.3 is 0 Å². The molecule has 0 saturated carbocycles. The van der Waals surface area contributed by atoms with Crippen molar-refractivity contribution in [1.82, 2.24) is 4.90 Å². The van der Waals surface area contributed by atoms with E-state index < -0.39 is 5.54 Å². The largest absolute Gasteiger partial charge is 0.338 e. The van der Waals surface area contributed by atoms with Crippen molar-refractivity contribution in [2.45, 2.75) is 64.5 Å². The summed E-state index contributed by atoms with van der Waals surface area (Å²) < 4.78 is 0. The van der Waals surface area contributed by atoms with Crippen molar-refractivity contribution in [3.63, 3.8) is 0 Å². The van der Waals surface area contributed by atoms with Gasteiger partial charge in [0.2, 0.25) is 5.91 Å². The number of rotatable bonds is 3. The van der Waals surface area contributed by atoms with Crippen LogP contribution in [0.4, 0.5) is 0 Å². The molecule has 2 N–H and O–H groups in total. The lowest BCUT2D eigenvalue weighted by Crippen LogP contribution is -2.56. The molecular formula is C12H24N2O. The molecule has 0 aromatic rings. The summed E-state index contributed by atoms with van der Waals surface area (Å²) in [6.07, 6.45) is 5.27. The molecule has 0 aromatic heterocycles. The van der Waals surface area contributed by atoms with E-state index in [-0.39, 0.29) is 5.91 Å². The summed E-state index contributed by atoms with van der Waals surface area (Å²) in [6.45, 7) is 6.86. The molecule has 1 fully saturated rings. The fourth-order valence-corrected chi connectivity index (χ4v) is 2.17. The van der Waals surface area contributed by atoms with Gasteiger partial charge in [0.25, 0.3) is 0 Å². The monoisotopic (exact) mass is 212 g/mol. The predicted molar refractivity (Wildman–Crippen MR) is 62.5 cm³/mol. The molecule has 2 atom stereocenters. The first-order chi connectivity index (χ1) is 7.03. The molecule has 1 amide bonds. The quantitative estimate of drug-likeness (QED) is 0.776. The van der Waals surface area contributed by atoms with Gasteiger partial charge in [-0.25, -0.2) is 0 Å². The van der Waals surface area contributed by atoms with Crippen LogP contribution in [0.25, 0.3) is 0 Å². The minimum atomic E-state index is -0.676. The summed E-state index contributed by atoms with van der Waals surface area (Å²) in [5.41, 5.74) is 5.34. The van der Waals surface area contributed by atoms with Gasteiger partial charge in [0.1, 0.15) is 0 Å². The zero-order valence-corrected chi connectivity index (χ0v) is 10.3. The first-order valence-corrected chi connectivity index (χ1v) is 6.13. The zero-order chi connectivity index (χ0) is 11.5. The van der Waals surface area contributed by atoms with Crippen LogP contribution >= 0.6 is 0 Å².